The zero-order valence-corrected chi connectivity index (χ0v) is 13.1. The van der Waals surface area contributed by atoms with Crippen molar-refractivity contribution in [2.45, 2.75) is 39.7 Å². The maximum atomic E-state index is 12.1. The highest BCUT2D eigenvalue weighted by Gasteiger charge is 2.33. The molecule has 1 saturated carbocycles. The maximum absolute atomic E-state index is 12.1. The van der Waals surface area contributed by atoms with Crippen LogP contribution in [0.3, 0.4) is 0 Å². The van der Waals surface area contributed by atoms with Crippen LogP contribution >= 0.6 is 0 Å². The Morgan fingerprint density at radius 2 is 2.10 bits per heavy atom. The molecule has 0 bridgehead atoms. The van der Waals surface area contributed by atoms with Crippen LogP contribution in [0.15, 0.2) is 18.2 Å². The fraction of sp³-hybridized carbons (Fsp3) is 0.588. The molecule has 1 unspecified atom stereocenters. The molecular weight excluding hydrogens is 264 g/mol. The van der Waals surface area contributed by atoms with Gasteiger partial charge in [-0.25, -0.2) is 0 Å². The van der Waals surface area contributed by atoms with Gasteiger partial charge in [0.25, 0.3) is 5.91 Å². The number of carbonyl (C=O) groups excluding carboxylic acids is 1. The van der Waals surface area contributed by atoms with Crippen LogP contribution in [0.25, 0.3) is 0 Å². The summed E-state index contributed by atoms with van der Waals surface area (Å²) in [6.07, 6.45) is 2.59. The minimum atomic E-state index is -0.127. The van der Waals surface area contributed by atoms with Gasteiger partial charge in [-0.15, -0.1) is 0 Å². The molecule has 1 aliphatic carbocycles. The molecule has 1 aromatic carbocycles. The van der Waals surface area contributed by atoms with Gasteiger partial charge in [-0.05, 0) is 49.3 Å². The Kier molecular flexibility index (Phi) is 5.23. The fourth-order valence-corrected chi connectivity index (χ4v) is 2.77. The van der Waals surface area contributed by atoms with Crippen molar-refractivity contribution in [1.29, 1.82) is 0 Å². The predicted molar refractivity (Wildman–Crippen MR) is 85.6 cm³/mol. The summed E-state index contributed by atoms with van der Waals surface area (Å²) < 4.78 is 0. The first-order chi connectivity index (χ1) is 10.0. The van der Waals surface area contributed by atoms with Crippen molar-refractivity contribution < 1.29 is 9.90 Å². The highest BCUT2D eigenvalue weighted by molar-refractivity contribution is 5.97. The third-order valence-corrected chi connectivity index (χ3v) is 4.15. The molecule has 4 heteroatoms. The Bertz CT molecular complexity index is 494. The topological polar surface area (TPSA) is 61.4 Å². The summed E-state index contributed by atoms with van der Waals surface area (Å²) in [5.41, 5.74) is 2.68. The molecule has 0 saturated heterocycles. The van der Waals surface area contributed by atoms with Gasteiger partial charge >= 0.3 is 0 Å². The van der Waals surface area contributed by atoms with Crippen molar-refractivity contribution in [3.63, 3.8) is 0 Å². The van der Waals surface area contributed by atoms with E-state index in [-0.39, 0.29) is 19.1 Å². The molecule has 3 N–H and O–H groups in total. The van der Waals surface area contributed by atoms with E-state index in [0.29, 0.717) is 17.5 Å². The molecule has 1 amide bonds. The average molecular weight is 290 g/mol. The van der Waals surface area contributed by atoms with E-state index in [4.69, 9.17) is 5.11 Å². The molecule has 0 aromatic heterocycles. The summed E-state index contributed by atoms with van der Waals surface area (Å²) in [6, 6.07) is 6.25. The van der Waals surface area contributed by atoms with Gasteiger partial charge in [0.1, 0.15) is 0 Å². The highest BCUT2D eigenvalue weighted by atomic mass is 16.3. The van der Waals surface area contributed by atoms with Crippen molar-refractivity contribution in [1.82, 2.24) is 5.32 Å². The molecule has 0 aliphatic heterocycles. The Labute approximate surface area is 126 Å². The van der Waals surface area contributed by atoms with Crippen LogP contribution in [0.5, 0.6) is 0 Å². The Morgan fingerprint density at radius 3 is 2.67 bits per heavy atom. The van der Waals surface area contributed by atoms with Gasteiger partial charge in [0, 0.05) is 23.8 Å². The van der Waals surface area contributed by atoms with Gasteiger partial charge in [-0.3, -0.25) is 4.79 Å². The summed E-state index contributed by atoms with van der Waals surface area (Å²) >= 11 is 0. The zero-order valence-electron chi connectivity index (χ0n) is 13.1. The molecule has 1 aromatic rings. The first-order valence-corrected chi connectivity index (χ1v) is 7.79. The number of aliphatic hydroxyl groups is 1. The number of amides is 1. The predicted octanol–water partition coefficient (Wildman–Crippen LogP) is 2.56. The van der Waals surface area contributed by atoms with Crippen LogP contribution in [0.1, 0.15) is 42.6 Å². The lowest BCUT2D eigenvalue weighted by molar-refractivity contribution is 0.0944. The van der Waals surface area contributed by atoms with Gasteiger partial charge in [-0.2, -0.15) is 0 Å². The van der Waals surface area contributed by atoms with E-state index in [2.05, 4.69) is 24.5 Å². The minimum absolute atomic E-state index is 0.0418. The van der Waals surface area contributed by atoms with Crippen molar-refractivity contribution in [3.8, 4) is 0 Å². The number of carbonyl (C=O) groups is 1. The lowest BCUT2D eigenvalue weighted by atomic mass is 9.97. The second kappa shape index (κ2) is 6.94. The summed E-state index contributed by atoms with van der Waals surface area (Å²) in [5, 5.41) is 15.1. The number of anilines is 1. The van der Waals surface area contributed by atoms with Crippen LogP contribution in [-0.4, -0.2) is 30.2 Å². The van der Waals surface area contributed by atoms with Crippen LogP contribution < -0.4 is 10.6 Å². The van der Waals surface area contributed by atoms with Crippen LogP contribution in [-0.2, 0) is 0 Å². The van der Waals surface area contributed by atoms with Crippen molar-refractivity contribution in [2.24, 2.45) is 11.8 Å². The standard InChI is InChI=1S/C17H26N2O2/c1-11(2)16(13-7-8-13)19-15-6-4-5-14(12(15)3)17(21)18-9-10-20/h4-6,11,13,16,19-20H,7-10H2,1-3H3,(H,18,21). The van der Waals surface area contributed by atoms with Gasteiger partial charge in [0.2, 0.25) is 0 Å². The minimum Gasteiger partial charge on any atom is -0.395 e. The Hall–Kier alpha value is -1.55. The number of aliphatic hydroxyl groups excluding tert-OH is 1. The third-order valence-electron chi connectivity index (χ3n) is 4.15. The van der Waals surface area contributed by atoms with E-state index in [1.165, 1.54) is 12.8 Å². The van der Waals surface area contributed by atoms with Crippen LogP contribution in [0.2, 0.25) is 0 Å². The van der Waals surface area contributed by atoms with E-state index < -0.39 is 0 Å². The lowest BCUT2D eigenvalue weighted by Crippen LogP contribution is -2.29. The summed E-state index contributed by atoms with van der Waals surface area (Å²) in [6.45, 7) is 6.69. The van der Waals surface area contributed by atoms with Gasteiger partial charge < -0.3 is 15.7 Å². The third kappa shape index (κ3) is 3.97. The zero-order chi connectivity index (χ0) is 15.4. The molecule has 1 aliphatic rings. The molecule has 0 radical (unpaired) electrons. The smallest absolute Gasteiger partial charge is 0.251 e. The molecule has 2 rings (SSSR count). The summed E-state index contributed by atoms with van der Waals surface area (Å²) in [5.74, 6) is 1.21. The van der Waals surface area contributed by atoms with E-state index >= 15 is 0 Å². The van der Waals surface area contributed by atoms with Crippen molar-refractivity contribution >= 4 is 11.6 Å². The van der Waals surface area contributed by atoms with Crippen molar-refractivity contribution in [2.75, 3.05) is 18.5 Å². The monoisotopic (exact) mass is 290 g/mol. The summed E-state index contributed by atoms with van der Waals surface area (Å²) in [7, 11) is 0. The molecule has 0 spiro atoms. The molecule has 1 atom stereocenters. The Balaban J connectivity index is 2.15. The number of hydrogen-bond donors (Lipinski definition) is 3. The summed E-state index contributed by atoms with van der Waals surface area (Å²) in [4.78, 5) is 12.1. The quantitative estimate of drug-likeness (QED) is 0.723. The Morgan fingerprint density at radius 1 is 1.38 bits per heavy atom. The van der Waals surface area contributed by atoms with E-state index in [1.54, 1.807) is 0 Å². The number of nitrogens with one attached hydrogen (secondary N) is 2. The number of rotatable bonds is 7. The van der Waals surface area contributed by atoms with Crippen molar-refractivity contribution in [3.05, 3.63) is 29.3 Å². The van der Waals surface area contributed by atoms with E-state index in [9.17, 15) is 4.79 Å². The number of hydrogen-bond acceptors (Lipinski definition) is 3. The lowest BCUT2D eigenvalue weighted by Gasteiger charge is -2.25. The van der Waals surface area contributed by atoms with Gasteiger partial charge in [-0.1, -0.05) is 19.9 Å². The molecule has 1 fully saturated rings. The largest absolute Gasteiger partial charge is 0.395 e. The normalized spacial score (nSPS) is 15.9. The average Bonchev–Trinajstić information content (AvgIpc) is 3.27. The molecule has 4 nitrogen and oxygen atoms in total. The van der Waals surface area contributed by atoms with E-state index in [1.807, 2.05) is 25.1 Å². The first kappa shape index (κ1) is 15.8. The molecule has 0 heterocycles. The van der Waals surface area contributed by atoms with Crippen LogP contribution in [0.4, 0.5) is 5.69 Å². The fourth-order valence-electron chi connectivity index (χ4n) is 2.77. The van der Waals surface area contributed by atoms with Gasteiger partial charge in [0.15, 0.2) is 0 Å². The second-order valence-electron chi connectivity index (χ2n) is 6.21. The number of benzene rings is 1. The second-order valence-corrected chi connectivity index (χ2v) is 6.21. The first-order valence-electron chi connectivity index (χ1n) is 7.79. The molecule has 21 heavy (non-hydrogen) atoms. The van der Waals surface area contributed by atoms with Gasteiger partial charge in [0.05, 0.1) is 6.61 Å². The molecular formula is C17H26N2O2. The SMILES string of the molecule is Cc1c(NC(C(C)C)C2CC2)cccc1C(=O)NCCO. The molecule has 116 valence electrons. The maximum Gasteiger partial charge on any atom is 0.251 e. The highest BCUT2D eigenvalue weighted by Crippen LogP contribution is 2.38. The van der Waals surface area contributed by atoms with Crippen LogP contribution in [0, 0.1) is 18.8 Å². The van der Waals surface area contributed by atoms with E-state index in [0.717, 1.165) is 17.2 Å².